The summed E-state index contributed by atoms with van der Waals surface area (Å²) in [6.45, 7) is 11.0. The number of ether oxygens (including phenoxy) is 1. The molecule has 0 aliphatic heterocycles. The predicted octanol–water partition coefficient (Wildman–Crippen LogP) is 8.62. The highest BCUT2D eigenvalue weighted by Gasteiger charge is 2.25. The van der Waals surface area contributed by atoms with Crippen molar-refractivity contribution in [2.45, 2.75) is 65.2 Å². The summed E-state index contributed by atoms with van der Waals surface area (Å²) in [5.74, 6) is -0.337. The highest BCUT2D eigenvalue weighted by atomic mass is 31.0. The van der Waals surface area contributed by atoms with Crippen LogP contribution in [0.2, 0.25) is 0 Å². The van der Waals surface area contributed by atoms with Crippen LogP contribution in [0, 0.1) is 12.7 Å². The van der Waals surface area contributed by atoms with Crippen LogP contribution >= 0.6 is 9.24 Å². The van der Waals surface area contributed by atoms with Gasteiger partial charge in [-0.15, -0.1) is 9.24 Å². The molecule has 0 heterocycles. The molecular weight excluding hydrogens is 606 g/mol. The van der Waals surface area contributed by atoms with Crippen LogP contribution in [0.4, 0.5) is 10.1 Å². The molecular formula is C40H48FN2O3P. The molecule has 0 N–H and O–H groups in total. The van der Waals surface area contributed by atoms with E-state index in [0.29, 0.717) is 54.9 Å². The lowest BCUT2D eigenvalue weighted by Gasteiger charge is -2.34. The Hall–Kier alpha value is -3.86. The Bertz CT molecular complexity index is 1650. The summed E-state index contributed by atoms with van der Waals surface area (Å²) in [5, 5.41) is 0.0149. The van der Waals surface area contributed by atoms with E-state index in [0.717, 1.165) is 16.7 Å². The molecule has 2 atom stereocenters. The van der Waals surface area contributed by atoms with Crippen molar-refractivity contribution in [2.75, 3.05) is 31.7 Å². The second kappa shape index (κ2) is 16.3. The summed E-state index contributed by atoms with van der Waals surface area (Å²) in [4.78, 5) is 30.5. The highest BCUT2D eigenvalue weighted by molar-refractivity contribution is 7.18. The number of hydrogen-bond acceptors (Lipinski definition) is 4. The number of halogens is 1. The van der Waals surface area contributed by atoms with E-state index in [4.69, 9.17) is 4.74 Å². The average Bonchev–Trinajstić information content (AvgIpc) is 3.06. The van der Waals surface area contributed by atoms with E-state index in [2.05, 4.69) is 71.6 Å². The van der Waals surface area contributed by atoms with E-state index in [1.165, 1.54) is 12.5 Å². The third kappa shape index (κ3) is 9.59. The van der Waals surface area contributed by atoms with Gasteiger partial charge in [0.1, 0.15) is 5.82 Å². The smallest absolute Gasteiger partial charge is 0.242 e. The number of benzene rings is 4. The molecule has 4 aromatic carbocycles. The second-order valence-electron chi connectivity index (χ2n) is 12.9. The van der Waals surface area contributed by atoms with Crippen LogP contribution in [0.1, 0.15) is 66.7 Å². The number of ketones is 1. The summed E-state index contributed by atoms with van der Waals surface area (Å²) < 4.78 is 20.2. The molecule has 0 bridgehead atoms. The van der Waals surface area contributed by atoms with Gasteiger partial charge < -0.3 is 14.5 Å². The molecule has 0 saturated heterocycles. The van der Waals surface area contributed by atoms with E-state index < -0.39 is 0 Å². The van der Waals surface area contributed by atoms with Gasteiger partial charge in [0.25, 0.3) is 0 Å². The number of methoxy groups -OCH3 is 1. The zero-order chi connectivity index (χ0) is 34.1. The second-order valence-corrected chi connectivity index (χ2v) is 14.4. The molecule has 5 nitrogen and oxygen atoms in total. The number of Topliss-reactive ketones (excluding diaryl/α,β-unsaturated/α-hetero) is 1. The fraction of sp³-hybridized carbons (Fsp3) is 0.350. The highest BCUT2D eigenvalue weighted by Crippen LogP contribution is 2.32. The normalized spacial score (nSPS) is 12.1. The lowest BCUT2D eigenvalue weighted by atomic mass is 9.97. The van der Waals surface area contributed by atoms with E-state index in [-0.39, 0.29) is 35.3 Å². The van der Waals surface area contributed by atoms with E-state index in [9.17, 15) is 14.0 Å². The minimum atomic E-state index is -0.191. The van der Waals surface area contributed by atoms with Gasteiger partial charge in [-0.3, -0.25) is 9.59 Å². The van der Waals surface area contributed by atoms with Crippen LogP contribution in [0.3, 0.4) is 0 Å². The lowest BCUT2D eigenvalue weighted by Crippen LogP contribution is -2.45. The van der Waals surface area contributed by atoms with Gasteiger partial charge in [-0.05, 0) is 79.1 Å². The number of para-hydroxylation sites is 1. The molecule has 4 aromatic rings. The largest absolute Gasteiger partial charge is 0.383 e. The summed E-state index contributed by atoms with van der Waals surface area (Å²) in [7, 11) is 4.51. The minimum Gasteiger partial charge on any atom is -0.383 e. The van der Waals surface area contributed by atoms with Gasteiger partial charge in [0.2, 0.25) is 5.91 Å². The zero-order valence-corrected chi connectivity index (χ0v) is 29.7. The van der Waals surface area contributed by atoms with Crippen LogP contribution in [0.5, 0.6) is 0 Å². The van der Waals surface area contributed by atoms with Crippen molar-refractivity contribution in [3.05, 3.63) is 125 Å². The van der Waals surface area contributed by atoms with Crippen molar-refractivity contribution >= 4 is 26.6 Å². The maximum absolute atomic E-state index is 14.8. The molecule has 7 heteroatoms. The third-order valence-corrected chi connectivity index (χ3v) is 9.07. The number of nitrogens with zero attached hydrogens (tertiary/aromatic N) is 2. The molecule has 1 amide bonds. The third-order valence-electron chi connectivity index (χ3n) is 8.74. The number of carbonyl (C=O) groups is 2. The van der Waals surface area contributed by atoms with Gasteiger partial charge in [0, 0.05) is 42.6 Å². The first-order chi connectivity index (χ1) is 22.4. The van der Waals surface area contributed by atoms with Crippen molar-refractivity contribution < 1.29 is 18.7 Å². The number of hydrogen-bond donors (Lipinski definition) is 0. The van der Waals surface area contributed by atoms with E-state index in [1.807, 2.05) is 47.1 Å². The maximum atomic E-state index is 14.8. The molecule has 2 unspecified atom stereocenters. The number of carbonyl (C=O) groups excluding carboxylic acids is 2. The molecule has 4 rings (SSSR count). The molecule has 47 heavy (non-hydrogen) atoms. The van der Waals surface area contributed by atoms with Crippen molar-refractivity contribution in [3.63, 3.8) is 0 Å². The van der Waals surface area contributed by atoms with E-state index in [1.54, 1.807) is 26.2 Å². The topological polar surface area (TPSA) is 49.9 Å². The van der Waals surface area contributed by atoms with Crippen LogP contribution in [-0.4, -0.2) is 49.4 Å². The van der Waals surface area contributed by atoms with Gasteiger partial charge >= 0.3 is 0 Å². The Morgan fingerprint density at radius 3 is 2.17 bits per heavy atom. The Morgan fingerprint density at radius 2 is 1.55 bits per heavy atom. The monoisotopic (exact) mass is 654 g/mol. The number of amides is 1. The SMILES string of the molecule is COCCN(Cc1ccc(-c2ccc(C(C)(C)P)cc2)cc1)C(=O)CN(c1ccccc1C(C)=O)C(C)CCc1cccc(C)c1F. The number of anilines is 1. The van der Waals surface area contributed by atoms with Crippen LogP contribution in [0.25, 0.3) is 11.1 Å². The Labute approximate surface area is 282 Å². The van der Waals surface area contributed by atoms with Crippen LogP contribution in [0.15, 0.2) is 91.0 Å². The fourth-order valence-electron chi connectivity index (χ4n) is 5.78. The molecule has 0 saturated carbocycles. The number of rotatable bonds is 15. The molecule has 0 radical (unpaired) electrons. The standard InChI is InChI=1S/C40H48FN2O3P/c1-28-10-9-11-34(39(28)41)17-14-29(2)43(37-13-8-7-12-36(37)30(3)44)27-38(45)42(24-25-46-6)26-31-15-18-32(19-16-31)33-20-22-35(23-21-33)40(4,5)47/h7-13,15-16,18-23,29H,14,17,24-27,47H2,1-6H3. The molecule has 0 spiro atoms. The first kappa shape index (κ1) is 36.0. The van der Waals surface area contributed by atoms with Gasteiger partial charge in [-0.2, -0.15) is 0 Å². The molecule has 248 valence electrons. The molecule has 0 fully saturated rings. The first-order valence-electron chi connectivity index (χ1n) is 16.2. The first-order valence-corrected chi connectivity index (χ1v) is 16.8. The quantitative estimate of drug-likeness (QED) is 0.0952. The van der Waals surface area contributed by atoms with Gasteiger partial charge in [0.05, 0.1) is 13.2 Å². The average molecular weight is 655 g/mol. The van der Waals surface area contributed by atoms with Gasteiger partial charge in [-0.25, -0.2) is 4.39 Å². The van der Waals surface area contributed by atoms with Crippen LogP contribution in [-0.2, 0) is 27.7 Å². The van der Waals surface area contributed by atoms with E-state index >= 15 is 0 Å². The fourth-order valence-corrected chi connectivity index (χ4v) is 5.97. The Balaban J connectivity index is 1.55. The van der Waals surface area contributed by atoms with Crippen molar-refractivity contribution in [1.29, 1.82) is 0 Å². The maximum Gasteiger partial charge on any atom is 0.242 e. The summed E-state index contributed by atoms with van der Waals surface area (Å²) >= 11 is 0. The van der Waals surface area contributed by atoms with Gasteiger partial charge in [0.15, 0.2) is 5.78 Å². The van der Waals surface area contributed by atoms with Crippen molar-refractivity contribution in [3.8, 4) is 11.1 Å². The minimum absolute atomic E-state index is 0.0149. The molecule has 0 aliphatic rings. The van der Waals surface area contributed by atoms with Crippen molar-refractivity contribution in [2.24, 2.45) is 0 Å². The predicted molar refractivity (Wildman–Crippen MR) is 195 cm³/mol. The Morgan fingerprint density at radius 1 is 0.915 bits per heavy atom. The Kier molecular flexibility index (Phi) is 12.5. The summed E-state index contributed by atoms with van der Waals surface area (Å²) in [6.07, 6.45) is 1.12. The van der Waals surface area contributed by atoms with Crippen molar-refractivity contribution in [1.82, 2.24) is 4.90 Å². The molecule has 0 aliphatic carbocycles. The zero-order valence-electron chi connectivity index (χ0n) is 28.6. The summed E-state index contributed by atoms with van der Waals surface area (Å²) in [6, 6.07) is 29.6. The van der Waals surface area contributed by atoms with Crippen LogP contribution < -0.4 is 4.90 Å². The van der Waals surface area contributed by atoms with Gasteiger partial charge in [-0.1, -0.05) is 92.7 Å². The lowest BCUT2D eigenvalue weighted by molar-refractivity contribution is -0.131. The molecule has 0 aromatic heterocycles. The number of aryl methyl sites for hydroxylation is 2. The summed E-state index contributed by atoms with van der Waals surface area (Å²) in [5.41, 5.74) is 7.05.